The average molecular weight is 163 g/mol. The molecular weight excluding hydrogens is 150 g/mol. The predicted molar refractivity (Wildman–Crippen MR) is 47.0 cm³/mol. The third-order valence-corrected chi connectivity index (χ3v) is 4.89. The van der Waals surface area contributed by atoms with Crippen LogP contribution in [0.1, 0.15) is 13.8 Å². The third-order valence-electron chi connectivity index (χ3n) is 1.67. The van der Waals surface area contributed by atoms with Crippen molar-refractivity contribution in [2.24, 2.45) is 5.73 Å². The third kappa shape index (κ3) is 1.79. The molecule has 3 heteroatoms. The lowest BCUT2D eigenvalue weighted by molar-refractivity contribution is 0.663. The fraction of sp³-hybridized carbons (Fsp3) is 1.00. The zero-order valence-electron chi connectivity index (χ0n) is 5.89. The lowest BCUT2D eigenvalue weighted by Gasteiger charge is -2.34. The van der Waals surface area contributed by atoms with E-state index in [2.05, 4.69) is 13.8 Å². The molecule has 0 aliphatic carbocycles. The van der Waals surface area contributed by atoms with Gasteiger partial charge in [-0.3, -0.25) is 0 Å². The van der Waals surface area contributed by atoms with Crippen molar-refractivity contribution in [3.63, 3.8) is 0 Å². The highest BCUT2D eigenvalue weighted by molar-refractivity contribution is 8.07. The predicted octanol–water partition coefficient (Wildman–Crippen LogP) is 1.53. The van der Waals surface area contributed by atoms with Crippen LogP contribution in [0.3, 0.4) is 0 Å². The Labute approximate surface area is 65.1 Å². The first kappa shape index (κ1) is 7.76. The van der Waals surface area contributed by atoms with Gasteiger partial charge in [0.1, 0.15) is 0 Å². The summed E-state index contributed by atoms with van der Waals surface area (Å²) in [5, 5.41) is 0.608. The van der Waals surface area contributed by atoms with Gasteiger partial charge >= 0.3 is 0 Å². The van der Waals surface area contributed by atoms with Crippen molar-refractivity contribution in [2.75, 3.05) is 11.5 Å². The minimum absolute atomic E-state index is 0.0168. The van der Waals surface area contributed by atoms with Crippen molar-refractivity contribution in [2.45, 2.75) is 24.0 Å². The second-order valence-corrected chi connectivity index (χ2v) is 5.57. The summed E-state index contributed by atoms with van der Waals surface area (Å²) in [5.74, 6) is 2.47. The van der Waals surface area contributed by atoms with Gasteiger partial charge in [0.2, 0.25) is 0 Å². The van der Waals surface area contributed by atoms with Crippen molar-refractivity contribution in [3.05, 3.63) is 0 Å². The van der Waals surface area contributed by atoms with E-state index in [-0.39, 0.29) is 4.87 Å². The van der Waals surface area contributed by atoms with E-state index in [1.165, 1.54) is 11.5 Å². The summed E-state index contributed by atoms with van der Waals surface area (Å²) >= 11 is 3.86. The van der Waals surface area contributed by atoms with Crippen LogP contribution in [0.5, 0.6) is 0 Å². The number of rotatable bonds is 0. The van der Waals surface area contributed by atoms with Crippen LogP contribution in [0.4, 0.5) is 0 Å². The Morgan fingerprint density at radius 1 is 1.56 bits per heavy atom. The smallest absolute Gasteiger partial charge is 0.0709 e. The molecule has 0 bridgehead atoms. The quantitative estimate of drug-likeness (QED) is 0.586. The van der Waals surface area contributed by atoms with Crippen molar-refractivity contribution in [1.29, 1.82) is 0 Å². The van der Waals surface area contributed by atoms with Gasteiger partial charge < -0.3 is 5.73 Å². The molecule has 0 spiro atoms. The normalized spacial score (nSPS) is 45.0. The molecular formula is C6H13NS2. The molecule has 0 unspecified atom stereocenters. The van der Waals surface area contributed by atoms with E-state index in [1.54, 1.807) is 0 Å². The fourth-order valence-electron chi connectivity index (χ4n) is 0.769. The minimum Gasteiger partial charge on any atom is -0.316 e. The highest BCUT2D eigenvalue weighted by Gasteiger charge is 2.30. The number of thioether (sulfide) groups is 2. The van der Waals surface area contributed by atoms with Gasteiger partial charge in [0.05, 0.1) is 4.87 Å². The van der Waals surface area contributed by atoms with Crippen molar-refractivity contribution in [1.82, 2.24) is 0 Å². The molecule has 1 aliphatic rings. The van der Waals surface area contributed by atoms with Gasteiger partial charge in [-0.25, -0.2) is 0 Å². The average Bonchev–Trinajstić information content (AvgIpc) is 1.77. The summed E-state index contributed by atoms with van der Waals surface area (Å²) in [6.45, 7) is 4.32. The van der Waals surface area contributed by atoms with Gasteiger partial charge in [-0.15, -0.1) is 11.8 Å². The van der Waals surface area contributed by atoms with Crippen LogP contribution in [0, 0.1) is 0 Å². The minimum atomic E-state index is 0.0168. The first-order chi connectivity index (χ1) is 4.13. The van der Waals surface area contributed by atoms with Crippen molar-refractivity contribution >= 4 is 23.5 Å². The molecule has 1 nitrogen and oxygen atoms in total. The topological polar surface area (TPSA) is 26.0 Å². The largest absolute Gasteiger partial charge is 0.316 e. The maximum absolute atomic E-state index is 5.96. The number of hydrogen-bond donors (Lipinski definition) is 1. The van der Waals surface area contributed by atoms with E-state index < -0.39 is 0 Å². The van der Waals surface area contributed by atoms with Gasteiger partial charge in [0.15, 0.2) is 0 Å². The van der Waals surface area contributed by atoms with Crippen molar-refractivity contribution in [3.8, 4) is 0 Å². The van der Waals surface area contributed by atoms with E-state index in [0.29, 0.717) is 5.25 Å². The Kier molecular flexibility index (Phi) is 2.35. The van der Waals surface area contributed by atoms with Crippen LogP contribution in [0.15, 0.2) is 0 Å². The maximum Gasteiger partial charge on any atom is 0.0709 e. The van der Waals surface area contributed by atoms with Crippen LogP contribution in [-0.4, -0.2) is 21.6 Å². The Morgan fingerprint density at radius 2 is 2.22 bits per heavy atom. The summed E-state index contributed by atoms with van der Waals surface area (Å²) in [6, 6.07) is 0. The molecule has 54 valence electrons. The van der Waals surface area contributed by atoms with Crippen molar-refractivity contribution < 1.29 is 0 Å². The van der Waals surface area contributed by atoms with E-state index >= 15 is 0 Å². The van der Waals surface area contributed by atoms with Gasteiger partial charge in [-0.05, 0) is 6.92 Å². The standard InChI is InChI=1S/C6H13NS2/c1-5-6(2,7)9-4-3-8-5/h5H,3-4,7H2,1-2H3/t5-,6+/m1/s1. The Balaban J connectivity index is 2.49. The summed E-state index contributed by atoms with van der Waals surface area (Å²) in [4.78, 5) is 0.0168. The molecule has 1 heterocycles. The molecule has 0 aromatic carbocycles. The van der Waals surface area contributed by atoms with E-state index in [0.717, 1.165) is 0 Å². The van der Waals surface area contributed by atoms with Crippen LogP contribution in [-0.2, 0) is 0 Å². The highest BCUT2D eigenvalue weighted by atomic mass is 32.2. The molecule has 1 fully saturated rings. The first-order valence-corrected chi connectivity index (χ1v) is 5.21. The van der Waals surface area contributed by atoms with Gasteiger partial charge in [0.25, 0.3) is 0 Å². The highest BCUT2D eigenvalue weighted by Crippen LogP contribution is 2.36. The zero-order valence-corrected chi connectivity index (χ0v) is 7.52. The summed E-state index contributed by atoms with van der Waals surface area (Å²) < 4.78 is 0. The second kappa shape index (κ2) is 2.72. The number of hydrogen-bond acceptors (Lipinski definition) is 3. The van der Waals surface area contributed by atoms with Gasteiger partial charge in [0, 0.05) is 16.8 Å². The molecule has 1 rings (SSSR count). The maximum atomic E-state index is 5.96. The van der Waals surface area contributed by atoms with Crippen LogP contribution >= 0.6 is 23.5 Å². The fourth-order valence-corrected chi connectivity index (χ4v) is 3.25. The zero-order chi connectivity index (χ0) is 6.91. The molecule has 0 aromatic rings. The summed E-state index contributed by atoms with van der Waals surface area (Å²) in [7, 11) is 0. The lowest BCUT2D eigenvalue weighted by atomic mass is 10.3. The van der Waals surface area contributed by atoms with Crippen LogP contribution < -0.4 is 5.73 Å². The molecule has 0 amide bonds. The molecule has 2 N–H and O–H groups in total. The molecule has 0 radical (unpaired) electrons. The first-order valence-electron chi connectivity index (χ1n) is 3.17. The Morgan fingerprint density at radius 3 is 2.56 bits per heavy atom. The van der Waals surface area contributed by atoms with E-state index in [4.69, 9.17) is 5.73 Å². The summed E-state index contributed by atoms with van der Waals surface area (Å²) in [5.41, 5.74) is 5.96. The molecule has 1 aliphatic heterocycles. The molecule has 9 heavy (non-hydrogen) atoms. The van der Waals surface area contributed by atoms with Gasteiger partial charge in [-0.2, -0.15) is 11.8 Å². The monoisotopic (exact) mass is 163 g/mol. The SMILES string of the molecule is C[C@H]1SCCS[C@]1(C)N. The molecule has 0 saturated carbocycles. The second-order valence-electron chi connectivity index (χ2n) is 2.55. The van der Waals surface area contributed by atoms with Gasteiger partial charge in [-0.1, -0.05) is 6.92 Å². The van der Waals surface area contributed by atoms with E-state index in [1.807, 2.05) is 23.5 Å². The Bertz CT molecular complexity index is 103. The number of nitrogens with two attached hydrogens (primary N) is 1. The molecule has 0 aromatic heterocycles. The molecule has 1 saturated heterocycles. The van der Waals surface area contributed by atoms with Crippen LogP contribution in [0.2, 0.25) is 0 Å². The summed E-state index contributed by atoms with van der Waals surface area (Å²) in [6.07, 6.45) is 0. The van der Waals surface area contributed by atoms with Crippen LogP contribution in [0.25, 0.3) is 0 Å². The van der Waals surface area contributed by atoms with E-state index in [9.17, 15) is 0 Å². The lowest BCUT2D eigenvalue weighted by Crippen LogP contribution is -2.44. The Hall–Kier alpha value is 0.660. The molecule has 2 atom stereocenters.